The number of hydrogen-bond donors (Lipinski definition) is 2. The van der Waals surface area contributed by atoms with Gasteiger partial charge in [-0.3, -0.25) is 14.5 Å². The molecule has 2 N–H and O–H groups in total. The van der Waals surface area contributed by atoms with Gasteiger partial charge in [-0.05, 0) is 23.8 Å². The first kappa shape index (κ1) is 16.4. The molecule has 116 valence electrons. The minimum absolute atomic E-state index is 0.175. The second kappa shape index (κ2) is 7.86. The van der Waals surface area contributed by atoms with Gasteiger partial charge in [-0.15, -0.1) is 0 Å². The lowest BCUT2D eigenvalue weighted by molar-refractivity contribution is -0.124. The summed E-state index contributed by atoms with van der Waals surface area (Å²) in [6, 6.07) is 6.74. The molecule has 0 atom stereocenters. The van der Waals surface area contributed by atoms with Crippen molar-refractivity contribution in [2.24, 2.45) is 0 Å². The van der Waals surface area contributed by atoms with Gasteiger partial charge >= 0.3 is 6.03 Å². The minimum atomic E-state index is -0.406. The van der Waals surface area contributed by atoms with Crippen LogP contribution in [-0.2, 0) is 4.79 Å². The number of carbonyl (C=O) groups excluding carboxylic acids is 3. The predicted octanol–water partition coefficient (Wildman–Crippen LogP) is 2.31. The van der Waals surface area contributed by atoms with Crippen molar-refractivity contribution in [3.8, 4) is 0 Å². The lowest BCUT2D eigenvalue weighted by atomic mass is 10.2. The van der Waals surface area contributed by atoms with E-state index >= 15 is 0 Å². The van der Waals surface area contributed by atoms with Crippen LogP contribution in [0.15, 0.2) is 30.5 Å². The van der Waals surface area contributed by atoms with Crippen molar-refractivity contribution in [3.63, 3.8) is 0 Å². The zero-order valence-corrected chi connectivity index (χ0v) is 13.1. The lowest BCUT2D eigenvalue weighted by Gasteiger charge is -2.12. The summed E-state index contributed by atoms with van der Waals surface area (Å²) in [5, 5.41) is 5.48. The first-order valence-electron chi connectivity index (χ1n) is 6.50. The van der Waals surface area contributed by atoms with E-state index in [1.54, 1.807) is 18.2 Å². The van der Waals surface area contributed by atoms with Gasteiger partial charge in [0.05, 0.1) is 5.75 Å². The Balaban J connectivity index is 1.68. The topological polar surface area (TPSA) is 78.5 Å². The number of halogens is 1. The van der Waals surface area contributed by atoms with Gasteiger partial charge in [0.15, 0.2) is 0 Å². The number of rotatable bonds is 5. The van der Waals surface area contributed by atoms with Crippen LogP contribution in [0.25, 0.3) is 6.08 Å². The molecule has 8 heteroatoms. The van der Waals surface area contributed by atoms with E-state index in [-0.39, 0.29) is 30.0 Å². The maximum Gasteiger partial charge on any atom is 0.318 e. The van der Waals surface area contributed by atoms with Crippen molar-refractivity contribution in [3.05, 3.63) is 41.1 Å². The Morgan fingerprint density at radius 1 is 1.32 bits per heavy atom. The molecule has 0 unspecified atom stereocenters. The molecule has 1 aromatic rings. The van der Waals surface area contributed by atoms with E-state index in [0.29, 0.717) is 5.02 Å². The van der Waals surface area contributed by atoms with Crippen molar-refractivity contribution < 1.29 is 14.4 Å². The smallest absolute Gasteiger partial charge is 0.318 e. The van der Waals surface area contributed by atoms with Crippen molar-refractivity contribution in [2.75, 3.05) is 18.8 Å². The summed E-state index contributed by atoms with van der Waals surface area (Å²) in [4.78, 5) is 35.4. The first-order valence-corrected chi connectivity index (χ1v) is 7.86. The van der Waals surface area contributed by atoms with Gasteiger partial charge in [0, 0.05) is 24.3 Å². The molecular formula is C14H14ClN3O3S. The Kier molecular flexibility index (Phi) is 5.85. The molecule has 0 bridgehead atoms. The third-order valence-electron chi connectivity index (χ3n) is 2.82. The third kappa shape index (κ3) is 4.78. The fourth-order valence-corrected chi connectivity index (χ4v) is 2.59. The van der Waals surface area contributed by atoms with Crippen molar-refractivity contribution >= 4 is 46.6 Å². The van der Waals surface area contributed by atoms with E-state index in [1.165, 1.54) is 6.20 Å². The predicted molar refractivity (Wildman–Crippen MR) is 86.6 cm³/mol. The minimum Gasteiger partial charge on any atom is -0.336 e. The number of urea groups is 1. The molecule has 0 aromatic heterocycles. The standard InChI is InChI=1S/C14H14ClN3O3S/c15-11-3-1-10(2-4-11)5-6-16-13(20)17-7-8-18-12(19)9-22-14(18)21/h1-6H,7-9H2,(H2,16,17,20)/b6-5+. The fourth-order valence-electron chi connectivity index (χ4n) is 1.72. The van der Waals surface area contributed by atoms with Crippen LogP contribution in [0, 0.1) is 0 Å². The summed E-state index contributed by atoms with van der Waals surface area (Å²) >= 11 is 6.74. The van der Waals surface area contributed by atoms with Gasteiger partial charge in [-0.2, -0.15) is 0 Å². The molecule has 0 radical (unpaired) electrons. The van der Waals surface area contributed by atoms with Crippen LogP contribution < -0.4 is 10.6 Å². The van der Waals surface area contributed by atoms with Crippen LogP contribution >= 0.6 is 23.4 Å². The molecule has 1 fully saturated rings. The Labute approximate surface area is 136 Å². The fraction of sp³-hybridized carbons (Fsp3) is 0.214. The van der Waals surface area contributed by atoms with Crippen molar-refractivity contribution in [1.29, 1.82) is 0 Å². The van der Waals surface area contributed by atoms with Gasteiger partial charge in [-0.1, -0.05) is 35.5 Å². The van der Waals surface area contributed by atoms with Crippen LogP contribution in [0.3, 0.4) is 0 Å². The van der Waals surface area contributed by atoms with Gasteiger partial charge < -0.3 is 10.6 Å². The summed E-state index contributed by atoms with van der Waals surface area (Å²) in [6.07, 6.45) is 3.22. The van der Waals surface area contributed by atoms with Crippen molar-refractivity contribution in [1.82, 2.24) is 15.5 Å². The molecule has 6 nitrogen and oxygen atoms in total. The van der Waals surface area contributed by atoms with Gasteiger partial charge in [0.25, 0.3) is 5.24 Å². The molecular weight excluding hydrogens is 326 g/mol. The molecule has 1 heterocycles. The Morgan fingerprint density at radius 3 is 2.68 bits per heavy atom. The SMILES string of the molecule is O=C(N/C=C/c1ccc(Cl)cc1)NCCN1C(=O)CSC1=O. The molecule has 1 aliphatic rings. The molecule has 4 amide bonds. The second-order valence-corrected chi connectivity index (χ2v) is 5.75. The van der Waals surface area contributed by atoms with Crippen LogP contribution in [0.2, 0.25) is 5.02 Å². The van der Waals surface area contributed by atoms with E-state index in [4.69, 9.17) is 11.6 Å². The van der Waals surface area contributed by atoms with E-state index in [9.17, 15) is 14.4 Å². The monoisotopic (exact) mass is 339 g/mol. The zero-order valence-electron chi connectivity index (χ0n) is 11.5. The molecule has 1 aliphatic heterocycles. The number of imide groups is 1. The number of nitrogens with zero attached hydrogens (tertiary/aromatic N) is 1. The molecule has 0 saturated carbocycles. The highest BCUT2D eigenvalue weighted by molar-refractivity contribution is 8.14. The number of amides is 4. The van der Waals surface area contributed by atoms with E-state index in [2.05, 4.69) is 10.6 Å². The Morgan fingerprint density at radius 2 is 2.05 bits per heavy atom. The molecule has 1 aromatic carbocycles. The average Bonchev–Trinajstić information content (AvgIpc) is 2.81. The number of nitrogens with one attached hydrogen (secondary N) is 2. The quantitative estimate of drug-likeness (QED) is 0.862. The molecule has 1 saturated heterocycles. The van der Waals surface area contributed by atoms with E-state index < -0.39 is 6.03 Å². The van der Waals surface area contributed by atoms with Gasteiger partial charge in [-0.25, -0.2) is 4.79 Å². The Bertz CT molecular complexity index is 588. The van der Waals surface area contributed by atoms with Gasteiger partial charge in [0.2, 0.25) is 5.91 Å². The van der Waals surface area contributed by atoms with Gasteiger partial charge in [0.1, 0.15) is 0 Å². The number of hydrogen-bond acceptors (Lipinski definition) is 4. The highest BCUT2D eigenvalue weighted by atomic mass is 35.5. The first-order chi connectivity index (χ1) is 10.6. The summed E-state index contributed by atoms with van der Waals surface area (Å²) in [5.74, 6) is -0.0469. The molecule has 22 heavy (non-hydrogen) atoms. The largest absolute Gasteiger partial charge is 0.336 e. The molecule has 2 rings (SSSR count). The van der Waals surface area contributed by atoms with Crippen LogP contribution in [0.4, 0.5) is 9.59 Å². The summed E-state index contributed by atoms with van der Waals surface area (Å²) in [6.45, 7) is 0.387. The summed E-state index contributed by atoms with van der Waals surface area (Å²) in [5.41, 5.74) is 0.898. The number of benzene rings is 1. The maximum atomic E-state index is 11.5. The number of carbonyl (C=O) groups is 3. The normalized spacial score (nSPS) is 14.7. The third-order valence-corrected chi connectivity index (χ3v) is 3.93. The van der Waals surface area contributed by atoms with Crippen LogP contribution in [0.5, 0.6) is 0 Å². The Hall–Kier alpha value is -1.99. The average molecular weight is 340 g/mol. The van der Waals surface area contributed by atoms with Crippen LogP contribution in [0.1, 0.15) is 5.56 Å². The lowest BCUT2D eigenvalue weighted by Crippen LogP contribution is -2.40. The summed E-state index contributed by atoms with van der Waals surface area (Å²) < 4.78 is 0. The van der Waals surface area contributed by atoms with Crippen LogP contribution in [-0.4, -0.2) is 40.9 Å². The molecule has 0 spiro atoms. The van der Waals surface area contributed by atoms with E-state index in [0.717, 1.165) is 22.2 Å². The maximum absolute atomic E-state index is 11.5. The molecule has 0 aliphatic carbocycles. The highest BCUT2D eigenvalue weighted by Gasteiger charge is 2.29. The van der Waals surface area contributed by atoms with E-state index in [1.807, 2.05) is 12.1 Å². The zero-order chi connectivity index (χ0) is 15.9. The second-order valence-electron chi connectivity index (χ2n) is 4.39. The van der Waals surface area contributed by atoms with Crippen molar-refractivity contribution in [2.45, 2.75) is 0 Å². The summed E-state index contributed by atoms with van der Waals surface area (Å²) in [7, 11) is 0. The highest BCUT2D eigenvalue weighted by Crippen LogP contribution is 2.17. The number of thioether (sulfide) groups is 1.